The number of benzene rings is 2. The van der Waals surface area contributed by atoms with Gasteiger partial charge in [-0.3, -0.25) is 9.59 Å². The summed E-state index contributed by atoms with van der Waals surface area (Å²) in [5.41, 5.74) is 2.07. The molecule has 0 radical (unpaired) electrons. The predicted molar refractivity (Wildman–Crippen MR) is 111 cm³/mol. The highest BCUT2D eigenvalue weighted by atomic mass is 32.2. The SMILES string of the molecule is CCOc1cc(C=C2SC(=Nc3ccc(NC(C)=O)cc3)NC2=O)ccc1O. The number of carbonyl (C=O) groups excluding carboxylic acids is 2. The first-order chi connectivity index (χ1) is 13.4. The number of carbonyl (C=O) groups is 2. The Hall–Kier alpha value is -3.26. The van der Waals surface area contributed by atoms with E-state index in [0.29, 0.717) is 33.8 Å². The lowest BCUT2D eigenvalue weighted by atomic mass is 10.2. The van der Waals surface area contributed by atoms with Crippen LogP contribution < -0.4 is 15.4 Å². The average molecular weight is 397 g/mol. The molecule has 0 aliphatic carbocycles. The summed E-state index contributed by atoms with van der Waals surface area (Å²) < 4.78 is 5.37. The number of amides is 2. The van der Waals surface area contributed by atoms with Crippen LogP contribution in [-0.2, 0) is 9.59 Å². The summed E-state index contributed by atoms with van der Waals surface area (Å²) in [4.78, 5) is 28.2. The third-order valence-corrected chi connectivity index (χ3v) is 4.56. The number of phenols is 1. The topological polar surface area (TPSA) is 100 Å². The van der Waals surface area contributed by atoms with Crippen molar-refractivity contribution in [3.05, 3.63) is 52.9 Å². The molecule has 28 heavy (non-hydrogen) atoms. The zero-order chi connectivity index (χ0) is 20.1. The van der Waals surface area contributed by atoms with Crippen LogP contribution in [0.2, 0.25) is 0 Å². The number of rotatable bonds is 5. The minimum Gasteiger partial charge on any atom is -0.504 e. The lowest BCUT2D eigenvalue weighted by Gasteiger charge is -2.06. The van der Waals surface area contributed by atoms with E-state index in [2.05, 4.69) is 15.6 Å². The molecular weight excluding hydrogens is 378 g/mol. The Labute approximate surface area is 166 Å². The normalized spacial score (nSPS) is 16.3. The first kappa shape index (κ1) is 19.5. The summed E-state index contributed by atoms with van der Waals surface area (Å²) in [7, 11) is 0. The molecule has 1 aliphatic rings. The fourth-order valence-electron chi connectivity index (χ4n) is 2.46. The van der Waals surface area contributed by atoms with Crippen molar-refractivity contribution in [2.45, 2.75) is 13.8 Å². The van der Waals surface area contributed by atoms with Gasteiger partial charge in [0.1, 0.15) is 0 Å². The van der Waals surface area contributed by atoms with Crippen molar-refractivity contribution in [3.8, 4) is 11.5 Å². The molecule has 0 unspecified atom stereocenters. The highest BCUT2D eigenvalue weighted by Gasteiger charge is 2.24. The number of nitrogens with zero attached hydrogens (tertiary/aromatic N) is 1. The summed E-state index contributed by atoms with van der Waals surface area (Å²) in [6.45, 7) is 3.70. The molecular formula is C20H19N3O4S. The fraction of sp³-hybridized carbons (Fsp3) is 0.150. The van der Waals surface area contributed by atoms with Crippen LogP contribution in [0.3, 0.4) is 0 Å². The Morgan fingerprint density at radius 1 is 1.29 bits per heavy atom. The second-order valence-electron chi connectivity index (χ2n) is 5.87. The molecule has 1 aliphatic heterocycles. The van der Waals surface area contributed by atoms with E-state index < -0.39 is 0 Å². The molecule has 0 spiro atoms. The molecule has 2 aromatic carbocycles. The van der Waals surface area contributed by atoms with Crippen LogP contribution in [0, 0.1) is 0 Å². The Morgan fingerprint density at radius 2 is 2.04 bits per heavy atom. The van der Waals surface area contributed by atoms with E-state index in [1.165, 1.54) is 24.8 Å². The molecule has 1 saturated heterocycles. The second-order valence-corrected chi connectivity index (χ2v) is 6.90. The highest BCUT2D eigenvalue weighted by molar-refractivity contribution is 8.18. The number of aromatic hydroxyl groups is 1. The van der Waals surface area contributed by atoms with Crippen molar-refractivity contribution in [2.75, 3.05) is 11.9 Å². The van der Waals surface area contributed by atoms with Crippen LogP contribution in [0.25, 0.3) is 6.08 Å². The quantitative estimate of drug-likeness (QED) is 0.669. The number of nitrogens with one attached hydrogen (secondary N) is 2. The van der Waals surface area contributed by atoms with E-state index in [1.807, 2.05) is 6.92 Å². The second kappa shape index (κ2) is 8.62. The van der Waals surface area contributed by atoms with E-state index in [0.717, 1.165) is 5.56 Å². The minimum atomic E-state index is -0.246. The number of anilines is 1. The van der Waals surface area contributed by atoms with Gasteiger partial charge in [-0.15, -0.1) is 0 Å². The molecule has 1 heterocycles. The summed E-state index contributed by atoms with van der Waals surface area (Å²) in [6.07, 6.45) is 1.71. The first-order valence-electron chi connectivity index (χ1n) is 8.57. The van der Waals surface area contributed by atoms with Crippen LogP contribution in [0.4, 0.5) is 11.4 Å². The molecule has 0 atom stereocenters. The maximum atomic E-state index is 12.2. The van der Waals surface area contributed by atoms with Gasteiger partial charge in [-0.1, -0.05) is 6.07 Å². The van der Waals surface area contributed by atoms with Gasteiger partial charge in [-0.2, -0.15) is 0 Å². The first-order valence-corrected chi connectivity index (χ1v) is 9.39. The molecule has 8 heteroatoms. The van der Waals surface area contributed by atoms with Gasteiger partial charge < -0.3 is 20.5 Å². The van der Waals surface area contributed by atoms with Crippen LogP contribution in [0.15, 0.2) is 52.4 Å². The maximum Gasteiger partial charge on any atom is 0.264 e. The fourth-order valence-corrected chi connectivity index (χ4v) is 3.31. The van der Waals surface area contributed by atoms with Gasteiger partial charge in [0.25, 0.3) is 5.91 Å². The van der Waals surface area contributed by atoms with Gasteiger partial charge in [0.05, 0.1) is 17.2 Å². The number of amidine groups is 1. The number of thioether (sulfide) groups is 1. The number of hydrogen-bond acceptors (Lipinski definition) is 6. The van der Waals surface area contributed by atoms with Gasteiger partial charge >= 0.3 is 0 Å². The van der Waals surface area contributed by atoms with Gasteiger partial charge in [0, 0.05) is 12.6 Å². The number of aliphatic imine (C=N–C) groups is 1. The number of ether oxygens (including phenoxy) is 1. The predicted octanol–water partition coefficient (Wildman–Crippen LogP) is 3.64. The van der Waals surface area contributed by atoms with E-state index in [-0.39, 0.29) is 17.6 Å². The van der Waals surface area contributed by atoms with Crippen LogP contribution in [-0.4, -0.2) is 28.7 Å². The Bertz CT molecular complexity index is 968. The molecule has 3 N–H and O–H groups in total. The minimum absolute atomic E-state index is 0.0532. The molecule has 2 aromatic rings. The zero-order valence-electron chi connectivity index (χ0n) is 15.4. The van der Waals surface area contributed by atoms with Crippen molar-refractivity contribution >= 4 is 46.2 Å². The van der Waals surface area contributed by atoms with Crippen LogP contribution in [0.5, 0.6) is 11.5 Å². The largest absolute Gasteiger partial charge is 0.504 e. The third-order valence-electron chi connectivity index (χ3n) is 3.65. The van der Waals surface area contributed by atoms with Crippen molar-refractivity contribution in [1.82, 2.24) is 5.32 Å². The van der Waals surface area contributed by atoms with Crippen molar-refractivity contribution < 1.29 is 19.4 Å². The van der Waals surface area contributed by atoms with E-state index >= 15 is 0 Å². The van der Waals surface area contributed by atoms with Crippen molar-refractivity contribution in [3.63, 3.8) is 0 Å². The summed E-state index contributed by atoms with van der Waals surface area (Å²) >= 11 is 1.22. The Kier molecular flexibility index (Phi) is 6.00. The van der Waals surface area contributed by atoms with Gasteiger partial charge in [-0.25, -0.2) is 4.99 Å². The van der Waals surface area contributed by atoms with E-state index in [9.17, 15) is 14.7 Å². The van der Waals surface area contributed by atoms with Crippen molar-refractivity contribution in [1.29, 1.82) is 0 Å². The zero-order valence-corrected chi connectivity index (χ0v) is 16.2. The molecule has 144 valence electrons. The highest BCUT2D eigenvalue weighted by Crippen LogP contribution is 2.31. The Morgan fingerprint density at radius 3 is 2.71 bits per heavy atom. The lowest BCUT2D eigenvalue weighted by molar-refractivity contribution is -0.115. The molecule has 3 rings (SSSR count). The van der Waals surface area contributed by atoms with Gasteiger partial charge in [-0.05, 0) is 66.7 Å². The molecule has 1 fully saturated rings. The molecule has 0 saturated carbocycles. The number of hydrogen-bond donors (Lipinski definition) is 3. The third kappa shape index (κ3) is 4.92. The maximum absolute atomic E-state index is 12.2. The van der Waals surface area contributed by atoms with E-state index in [4.69, 9.17) is 4.74 Å². The lowest BCUT2D eigenvalue weighted by Crippen LogP contribution is -2.19. The summed E-state index contributed by atoms with van der Waals surface area (Å²) in [5, 5.41) is 15.7. The van der Waals surface area contributed by atoms with Crippen molar-refractivity contribution in [2.24, 2.45) is 4.99 Å². The molecule has 0 bridgehead atoms. The molecule has 2 amide bonds. The van der Waals surface area contributed by atoms with Crippen LogP contribution >= 0.6 is 11.8 Å². The van der Waals surface area contributed by atoms with Gasteiger partial charge in [0.2, 0.25) is 5.91 Å². The smallest absolute Gasteiger partial charge is 0.264 e. The average Bonchev–Trinajstić information content (AvgIpc) is 2.98. The molecule has 7 nitrogen and oxygen atoms in total. The Balaban J connectivity index is 1.76. The monoisotopic (exact) mass is 397 g/mol. The van der Waals surface area contributed by atoms with Crippen LogP contribution in [0.1, 0.15) is 19.4 Å². The number of phenolic OH excluding ortho intramolecular Hbond substituents is 1. The molecule has 0 aromatic heterocycles. The summed E-state index contributed by atoms with van der Waals surface area (Å²) in [5.74, 6) is 0.0322. The standard InChI is InChI=1S/C20H19N3O4S/c1-3-27-17-10-13(4-9-16(17)25)11-18-19(26)23-20(28-18)22-15-7-5-14(6-8-15)21-12(2)24/h4-11,25H,3H2,1-2H3,(H,21,24)(H,22,23,26). The van der Waals surface area contributed by atoms with Gasteiger partial charge in [0.15, 0.2) is 16.7 Å². The summed E-state index contributed by atoms with van der Waals surface area (Å²) in [6, 6.07) is 11.9. The van der Waals surface area contributed by atoms with E-state index in [1.54, 1.807) is 42.5 Å².